The zero-order chi connectivity index (χ0) is 18.1. The van der Waals surface area contributed by atoms with Gasteiger partial charge in [-0.25, -0.2) is 4.99 Å². The SMILES string of the molecule is CCNC(=NCc1cccc(C)n1)NCc1cc(C(CC)CC)no1. The molecule has 0 aliphatic carbocycles. The highest BCUT2D eigenvalue weighted by molar-refractivity contribution is 5.79. The fourth-order valence-corrected chi connectivity index (χ4v) is 2.67. The number of hydrogen-bond donors (Lipinski definition) is 2. The number of nitrogens with one attached hydrogen (secondary N) is 2. The number of aromatic nitrogens is 2. The van der Waals surface area contributed by atoms with Gasteiger partial charge in [0.05, 0.1) is 24.5 Å². The molecule has 25 heavy (non-hydrogen) atoms. The highest BCUT2D eigenvalue weighted by Gasteiger charge is 2.13. The molecule has 6 nitrogen and oxygen atoms in total. The van der Waals surface area contributed by atoms with Gasteiger partial charge in [0.25, 0.3) is 0 Å². The van der Waals surface area contributed by atoms with E-state index in [9.17, 15) is 0 Å². The second-order valence-corrected chi connectivity index (χ2v) is 6.05. The summed E-state index contributed by atoms with van der Waals surface area (Å²) in [5, 5.41) is 10.7. The molecule has 0 atom stereocenters. The molecular weight excluding hydrogens is 314 g/mol. The van der Waals surface area contributed by atoms with Crippen LogP contribution in [0.15, 0.2) is 33.8 Å². The molecule has 2 N–H and O–H groups in total. The third-order valence-corrected chi connectivity index (χ3v) is 4.10. The van der Waals surface area contributed by atoms with Crippen molar-refractivity contribution in [2.24, 2.45) is 4.99 Å². The van der Waals surface area contributed by atoms with Crippen LogP contribution in [0.2, 0.25) is 0 Å². The minimum absolute atomic E-state index is 0.465. The minimum Gasteiger partial charge on any atom is -0.359 e. The van der Waals surface area contributed by atoms with Crippen LogP contribution in [0.4, 0.5) is 0 Å². The Morgan fingerprint density at radius 2 is 2.00 bits per heavy atom. The largest absolute Gasteiger partial charge is 0.359 e. The number of rotatable bonds is 8. The molecule has 0 aliphatic heterocycles. The summed E-state index contributed by atoms with van der Waals surface area (Å²) in [5.74, 6) is 2.03. The van der Waals surface area contributed by atoms with Gasteiger partial charge in [-0.05, 0) is 38.8 Å². The molecule has 0 radical (unpaired) electrons. The molecule has 2 rings (SSSR count). The van der Waals surface area contributed by atoms with Crippen LogP contribution in [0.5, 0.6) is 0 Å². The molecule has 2 aromatic heterocycles. The monoisotopic (exact) mass is 343 g/mol. The van der Waals surface area contributed by atoms with Crippen LogP contribution in [0.3, 0.4) is 0 Å². The Labute approximate surface area is 150 Å². The van der Waals surface area contributed by atoms with E-state index in [0.29, 0.717) is 19.0 Å². The van der Waals surface area contributed by atoms with Gasteiger partial charge in [-0.1, -0.05) is 25.1 Å². The van der Waals surface area contributed by atoms with Gasteiger partial charge < -0.3 is 15.2 Å². The highest BCUT2D eigenvalue weighted by Crippen LogP contribution is 2.22. The van der Waals surface area contributed by atoms with Crippen LogP contribution < -0.4 is 10.6 Å². The zero-order valence-corrected chi connectivity index (χ0v) is 15.7. The Morgan fingerprint density at radius 3 is 2.68 bits per heavy atom. The number of pyridine rings is 1. The second-order valence-electron chi connectivity index (χ2n) is 6.05. The number of aryl methyl sites for hydroxylation is 1. The highest BCUT2D eigenvalue weighted by atomic mass is 16.5. The molecule has 0 amide bonds. The van der Waals surface area contributed by atoms with Crippen molar-refractivity contribution in [2.75, 3.05) is 6.54 Å². The predicted molar refractivity (Wildman–Crippen MR) is 100 cm³/mol. The summed E-state index contributed by atoms with van der Waals surface area (Å²) in [7, 11) is 0. The van der Waals surface area contributed by atoms with Gasteiger partial charge in [0.15, 0.2) is 11.7 Å². The lowest BCUT2D eigenvalue weighted by molar-refractivity contribution is 0.368. The molecule has 2 heterocycles. The molecule has 0 aliphatic rings. The van der Waals surface area contributed by atoms with E-state index in [1.807, 2.05) is 38.1 Å². The summed E-state index contributed by atoms with van der Waals surface area (Å²) in [6.45, 7) is 10.3. The first-order chi connectivity index (χ1) is 12.2. The summed E-state index contributed by atoms with van der Waals surface area (Å²) < 4.78 is 5.45. The van der Waals surface area contributed by atoms with Crippen LogP contribution in [-0.2, 0) is 13.1 Å². The van der Waals surface area contributed by atoms with E-state index in [1.165, 1.54) is 0 Å². The van der Waals surface area contributed by atoms with Gasteiger partial charge in [-0.15, -0.1) is 0 Å². The third kappa shape index (κ3) is 5.89. The lowest BCUT2D eigenvalue weighted by Crippen LogP contribution is -2.36. The second kappa shape index (κ2) is 9.81. The standard InChI is InChI=1S/C19H29N5O/c1-5-15(6-2)18-11-17(25-24-18)13-22-19(20-7-3)21-12-16-10-8-9-14(4)23-16/h8-11,15H,5-7,12-13H2,1-4H3,(H2,20,21,22). The summed E-state index contributed by atoms with van der Waals surface area (Å²) in [6, 6.07) is 8.01. The van der Waals surface area contributed by atoms with Gasteiger partial charge in [0.2, 0.25) is 0 Å². The van der Waals surface area contributed by atoms with Crippen molar-refractivity contribution in [1.29, 1.82) is 0 Å². The van der Waals surface area contributed by atoms with Gasteiger partial charge in [0, 0.05) is 24.2 Å². The van der Waals surface area contributed by atoms with Crippen molar-refractivity contribution in [2.45, 2.75) is 59.5 Å². The van der Waals surface area contributed by atoms with Crippen LogP contribution in [0.25, 0.3) is 0 Å². The topological polar surface area (TPSA) is 75.3 Å². The molecule has 136 valence electrons. The van der Waals surface area contributed by atoms with Crippen molar-refractivity contribution in [3.8, 4) is 0 Å². The Hall–Kier alpha value is -2.37. The van der Waals surface area contributed by atoms with Crippen LogP contribution in [0.1, 0.15) is 62.4 Å². The van der Waals surface area contributed by atoms with Crippen LogP contribution in [0, 0.1) is 6.92 Å². The molecule has 0 saturated heterocycles. The predicted octanol–water partition coefficient (Wildman–Crippen LogP) is 3.54. The van der Waals surface area contributed by atoms with E-state index < -0.39 is 0 Å². The Kier molecular flexibility index (Phi) is 7.44. The summed E-state index contributed by atoms with van der Waals surface area (Å²) >= 11 is 0. The fourth-order valence-electron chi connectivity index (χ4n) is 2.67. The number of aliphatic imine (C=N–C) groups is 1. The molecule has 6 heteroatoms. The average molecular weight is 343 g/mol. The molecule has 0 aromatic carbocycles. The first-order valence-corrected chi connectivity index (χ1v) is 9.06. The quantitative estimate of drug-likeness (QED) is 0.566. The Morgan fingerprint density at radius 1 is 1.20 bits per heavy atom. The number of guanidine groups is 1. The maximum atomic E-state index is 5.45. The van der Waals surface area contributed by atoms with Crippen LogP contribution in [-0.4, -0.2) is 22.6 Å². The fraction of sp³-hybridized carbons (Fsp3) is 0.526. The molecule has 0 unspecified atom stereocenters. The number of hydrogen-bond acceptors (Lipinski definition) is 4. The van der Waals surface area contributed by atoms with E-state index >= 15 is 0 Å². The minimum atomic E-state index is 0.465. The summed E-state index contributed by atoms with van der Waals surface area (Å²) in [5.41, 5.74) is 2.99. The molecule has 0 saturated carbocycles. The molecular formula is C19H29N5O. The van der Waals surface area contributed by atoms with Gasteiger partial charge in [-0.3, -0.25) is 4.98 Å². The van der Waals surface area contributed by atoms with E-state index in [2.05, 4.69) is 39.6 Å². The summed E-state index contributed by atoms with van der Waals surface area (Å²) in [6.07, 6.45) is 2.15. The smallest absolute Gasteiger partial charge is 0.192 e. The molecule has 0 bridgehead atoms. The first kappa shape index (κ1) is 19.0. The maximum Gasteiger partial charge on any atom is 0.192 e. The lowest BCUT2D eigenvalue weighted by Gasteiger charge is -2.10. The van der Waals surface area contributed by atoms with Crippen molar-refractivity contribution in [3.63, 3.8) is 0 Å². The normalized spacial score (nSPS) is 11.8. The lowest BCUT2D eigenvalue weighted by atomic mass is 9.99. The molecule has 0 spiro atoms. The van der Waals surface area contributed by atoms with Crippen LogP contribution >= 0.6 is 0 Å². The van der Waals surface area contributed by atoms with Gasteiger partial charge in [0.1, 0.15) is 0 Å². The van der Waals surface area contributed by atoms with E-state index in [1.54, 1.807) is 0 Å². The maximum absolute atomic E-state index is 5.45. The van der Waals surface area contributed by atoms with E-state index in [0.717, 1.165) is 48.2 Å². The van der Waals surface area contributed by atoms with Crippen molar-refractivity contribution in [3.05, 3.63) is 47.1 Å². The average Bonchev–Trinajstić information content (AvgIpc) is 3.07. The van der Waals surface area contributed by atoms with E-state index in [-0.39, 0.29) is 0 Å². The first-order valence-electron chi connectivity index (χ1n) is 9.06. The van der Waals surface area contributed by atoms with Crippen molar-refractivity contribution in [1.82, 2.24) is 20.8 Å². The molecule has 2 aromatic rings. The summed E-state index contributed by atoms with van der Waals surface area (Å²) in [4.78, 5) is 9.06. The molecule has 0 fully saturated rings. The third-order valence-electron chi connectivity index (χ3n) is 4.10. The Balaban J connectivity index is 1.96. The van der Waals surface area contributed by atoms with E-state index in [4.69, 9.17) is 4.52 Å². The number of nitrogens with zero attached hydrogens (tertiary/aromatic N) is 3. The zero-order valence-electron chi connectivity index (χ0n) is 15.7. The van der Waals surface area contributed by atoms with Crippen molar-refractivity contribution < 1.29 is 4.52 Å². The Bertz CT molecular complexity index is 676. The van der Waals surface area contributed by atoms with Crippen molar-refractivity contribution >= 4 is 5.96 Å². The van der Waals surface area contributed by atoms with Gasteiger partial charge >= 0.3 is 0 Å². The van der Waals surface area contributed by atoms with Gasteiger partial charge in [-0.2, -0.15) is 0 Å².